The number of rotatable bonds is 2. The van der Waals surface area contributed by atoms with Gasteiger partial charge >= 0.3 is 6.16 Å². The Morgan fingerprint density at radius 2 is 2.31 bits per heavy atom. The molecule has 0 spiro atoms. The number of nitrogens with zero attached hydrogens (tertiary/aromatic N) is 2. The van der Waals surface area contributed by atoms with Crippen LogP contribution in [0, 0.1) is 0 Å². The summed E-state index contributed by atoms with van der Waals surface area (Å²) in [6.07, 6.45) is 1.01. The first-order valence-corrected chi connectivity index (χ1v) is 4.96. The molecule has 5 nitrogen and oxygen atoms in total. The molecule has 2 rings (SSSR count). The quantitative estimate of drug-likeness (QED) is 0.574. The van der Waals surface area contributed by atoms with Crippen LogP contribution in [-0.4, -0.2) is 22.3 Å². The highest BCUT2D eigenvalue weighted by Crippen LogP contribution is 2.19. The number of benzene rings is 1. The fraction of sp³-hybridized carbons (Fsp3) is 0.273. The maximum atomic E-state index is 11.1. The number of aromatic nitrogens is 2. The van der Waals surface area contributed by atoms with Crippen molar-refractivity contribution in [1.82, 2.24) is 9.55 Å². The second kappa shape index (κ2) is 4.22. The summed E-state index contributed by atoms with van der Waals surface area (Å²) >= 11 is 0. The molecule has 0 saturated heterocycles. The zero-order valence-corrected chi connectivity index (χ0v) is 9.14. The highest BCUT2D eigenvalue weighted by atomic mass is 16.7. The number of aryl methyl sites for hydroxylation is 1. The van der Waals surface area contributed by atoms with Gasteiger partial charge in [0, 0.05) is 13.1 Å². The van der Waals surface area contributed by atoms with Gasteiger partial charge in [0.2, 0.25) is 0 Å². The maximum Gasteiger partial charge on any atom is 0.513 e. The lowest BCUT2D eigenvalue weighted by molar-refractivity contribution is 0.104. The summed E-state index contributed by atoms with van der Waals surface area (Å²) in [7, 11) is 1.90. The van der Waals surface area contributed by atoms with Crippen molar-refractivity contribution in [1.29, 1.82) is 0 Å². The van der Waals surface area contributed by atoms with Crippen LogP contribution in [0.2, 0.25) is 0 Å². The molecule has 0 aliphatic carbocycles. The molecule has 1 aromatic heterocycles. The van der Waals surface area contributed by atoms with Crippen molar-refractivity contribution in [2.45, 2.75) is 6.92 Å². The second-order valence-electron chi connectivity index (χ2n) is 3.29. The number of carbonyl (C=O) groups is 1. The average molecular weight is 220 g/mol. The monoisotopic (exact) mass is 220 g/mol. The number of carbonyl (C=O) groups excluding carboxylic acids is 1. The highest BCUT2D eigenvalue weighted by molar-refractivity contribution is 5.78. The van der Waals surface area contributed by atoms with Gasteiger partial charge in [-0.3, -0.25) is 0 Å². The summed E-state index contributed by atoms with van der Waals surface area (Å²) in [4.78, 5) is 15.2. The third-order valence-corrected chi connectivity index (χ3v) is 2.16. The van der Waals surface area contributed by atoms with Gasteiger partial charge in [0.1, 0.15) is 5.75 Å². The zero-order valence-electron chi connectivity index (χ0n) is 9.14. The van der Waals surface area contributed by atoms with Crippen molar-refractivity contribution in [2.24, 2.45) is 7.05 Å². The van der Waals surface area contributed by atoms with Crippen molar-refractivity contribution >= 4 is 17.2 Å². The topological polar surface area (TPSA) is 53.4 Å². The molecule has 1 aromatic carbocycles. The summed E-state index contributed by atoms with van der Waals surface area (Å²) in [5, 5.41) is 0. The Bertz CT molecular complexity index is 519. The van der Waals surface area contributed by atoms with Crippen LogP contribution in [-0.2, 0) is 11.8 Å². The molecule has 84 valence electrons. The molecule has 0 N–H and O–H groups in total. The lowest BCUT2D eigenvalue weighted by atomic mass is 10.3. The van der Waals surface area contributed by atoms with Crippen LogP contribution in [0.25, 0.3) is 11.0 Å². The van der Waals surface area contributed by atoms with E-state index < -0.39 is 6.16 Å². The summed E-state index contributed by atoms with van der Waals surface area (Å²) in [6.45, 7) is 2.02. The normalized spacial score (nSPS) is 10.4. The molecule has 2 aromatic rings. The van der Waals surface area contributed by atoms with Gasteiger partial charge in [0.05, 0.1) is 24.0 Å². The van der Waals surface area contributed by atoms with Gasteiger partial charge in [-0.05, 0) is 19.1 Å². The summed E-state index contributed by atoms with van der Waals surface area (Å²) in [6, 6.07) is 5.25. The number of imidazole rings is 1. The van der Waals surface area contributed by atoms with E-state index in [9.17, 15) is 4.79 Å². The Morgan fingerprint density at radius 3 is 3.06 bits per heavy atom. The molecule has 5 heteroatoms. The number of hydrogen-bond acceptors (Lipinski definition) is 4. The molecule has 0 amide bonds. The highest BCUT2D eigenvalue weighted by Gasteiger charge is 2.07. The van der Waals surface area contributed by atoms with Gasteiger partial charge in [-0.2, -0.15) is 0 Å². The second-order valence-corrected chi connectivity index (χ2v) is 3.29. The fourth-order valence-corrected chi connectivity index (χ4v) is 1.42. The lowest BCUT2D eigenvalue weighted by Gasteiger charge is -2.03. The Morgan fingerprint density at radius 1 is 1.50 bits per heavy atom. The van der Waals surface area contributed by atoms with Crippen LogP contribution in [0.3, 0.4) is 0 Å². The van der Waals surface area contributed by atoms with E-state index in [0.29, 0.717) is 12.4 Å². The predicted octanol–water partition coefficient (Wildman–Crippen LogP) is 2.11. The van der Waals surface area contributed by atoms with Crippen LogP contribution in [0.4, 0.5) is 4.79 Å². The number of hydrogen-bond donors (Lipinski definition) is 0. The van der Waals surface area contributed by atoms with Crippen LogP contribution >= 0.6 is 0 Å². The van der Waals surface area contributed by atoms with Gasteiger partial charge in [-0.1, -0.05) is 0 Å². The van der Waals surface area contributed by atoms with Crippen LogP contribution in [0.1, 0.15) is 6.92 Å². The largest absolute Gasteiger partial charge is 0.513 e. The molecule has 0 atom stereocenters. The SMILES string of the molecule is CCOC(=O)Oc1ccc2c(c1)ncn2C. The van der Waals surface area contributed by atoms with Gasteiger partial charge in [0.15, 0.2) is 0 Å². The van der Waals surface area contributed by atoms with Crippen LogP contribution in [0.5, 0.6) is 5.75 Å². The van der Waals surface area contributed by atoms with Gasteiger partial charge in [-0.25, -0.2) is 9.78 Å². The molecular formula is C11H12N2O3. The molecule has 0 saturated carbocycles. The van der Waals surface area contributed by atoms with E-state index in [0.717, 1.165) is 11.0 Å². The molecule has 16 heavy (non-hydrogen) atoms. The Balaban J connectivity index is 2.23. The van der Waals surface area contributed by atoms with E-state index in [1.165, 1.54) is 0 Å². The van der Waals surface area contributed by atoms with Crippen LogP contribution in [0.15, 0.2) is 24.5 Å². The van der Waals surface area contributed by atoms with E-state index in [2.05, 4.69) is 9.72 Å². The predicted molar refractivity (Wildman–Crippen MR) is 58.4 cm³/mol. The van der Waals surface area contributed by atoms with E-state index in [-0.39, 0.29) is 0 Å². The molecular weight excluding hydrogens is 208 g/mol. The van der Waals surface area contributed by atoms with Gasteiger partial charge in [0.25, 0.3) is 0 Å². The number of ether oxygens (including phenoxy) is 2. The van der Waals surface area contributed by atoms with Crippen LogP contribution < -0.4 is 4.74 Å². The van der Waals surface area contributed by atoms with Gasteiger partial charge in [-0.15, -0.1) is 0 Å². The van der Waals surface area contributed by atoms with Crippen molar-refractivity contribution in [3.8, 4) is 5.75 Å². The first-order chi connectivity index (χ1) is 7.70. The minimum atomic E-state index is -0.696. The molecule has 0 unspecified atom stereocenters. The molecule has 0 fully saturated rings. The molecule has 0 bridgehead atoms. The van der Waals surface area contributed by atoms with Crippen molar-refractivity contribution in [3.05, 3.63) is 24.5 Å². The third kappa shape index (κ3) is 1.98. The minimum Gasteiger partial charge on any atom is -0.434 e. The third-order valence-electron chi connectivity index (χ3n) is 2.16. The molecule has 0 aliphatic rings. The van der Waals surface area contributed by atoms with Crippen molar-refractivity contribution < 1.29 is 14.3 Å². The zero-order chi connectivity index (χ0) is 11.5. The first-order valence-electron chi connectivity index (χ1n) is 4.96. The average Bonchev–Trinajstić information content (AvgIpc) is 2.60. The summed E-state index contributed by atoms with van der Waals surface area (Å²) in [5.74, 6) is 0.435. The fourth-order valence-electron chi connectivity index (χ4n) is 1.42. The van der Waals surface area contributed by atoms with Crippen molar-refractivity contribution in [2.75, 3.05) is 6.61 Å². The maximum absolute atomic E-state index is 11.1. The standard InChI is InChI=1S/C11H12N2O3/c1-3-15-11(14)16-8-4-5-10-9(6-8)12-7-13(10)2/h4-7H,3H2,1-2H3. The molecule has 0 aliphatic heterocycles. The molecule has 0 radical (unpaired) electrons. The Labute approximate surface area is 92.6 Å². The van der Waals surface area contributed by atoms with E-state index >= 15 is 0 Å². The van der Waals surface area contributed by atoms with Crippen molar-refractivity contribution in [3.63, 3.8) is 0 Å². The summed E-state index contributed by atoms with van der Waals surface area (Å²) in [5.41, 5.74) is 1.76. The minimum absolute atomic E-state index is 0.296. The van der Waals surface area contributed by atoms with Gasteiger partial charge < -0.3 is 14.0 Å². The number of fused-ring (bicyclic) bond motifs is 1. The lowest BCUT2D eigenvalue weighted by Crippen LogP contribution is -2.09. The van der Waals surface area contributed by atoms with E-state index in [1.54, 1.807) is 25.4 Å². The smallest absolute Gasteiger partial charge is 0.434 e. The Hall–Kier alpha value is -2.04. The summed E-state index contributed by atoms with van der Waals surface area (Å²) < 4.78 is 11.5. The first kappa shape index (κ1) is 10.5. The van der Waals surface area contributed by atoms with E-state index in [4.69, 9.17) is 4.74 Å². The Kier molecular flexibility index (Phi) is 2.76. The molecule has 1 heterocycles. The van der Waals surface area contributed by atoms with E-state index in [1.807, 2.05) is 17.7 Å².